The van der Waals surface area contributed by atoms with Crippen molar-refractivity contribution in [3.8, 4) is 0 Å². The molecule has 0 bridgehead atoms. The maximum absolute atomic E-state index is 14.1. The van der Waals surface area contributed by atoms with Crippen LogP contribution >= 0.6 is 22.6 Å². The normalized spacial score (nSPS) is 12.7. The highest BCUT2D eigenvalue weighted by Gasteiger charge is 2.36. The maximum atomic E-state index is 14.1. The lowest BCUT2D eigenvalue weighted by Gasteiger charge is -2.36. The molecule has 0 aromatic heterocycles. The number of Topliss-reactive ketones (excluding diaryl/α,β-unsaturated/α-hetero) is 1. The van der Waals surface area contributed by atoms with Gasteiger partial charge in [0.1, 0.15) is 5.57 Å². The van der Waals surface area contributed by atoms with Crippen molar-refractivity contribution in [3.05, 3.63) is 44.7 Å². The second-order valence-electron chi connectivity index (χ2n) is 7.92. The van der Waals surface area contributed by atoms with Crippen LogP contribution in [0.5, 0.6) is 0 Å². The van der Waals surface area contributed by atoms with Crippen LogP contribution in [-0.4, -0.2) is 39.8 Å². The molecule has 1 aromatic carbocycles. The fraction of sp³-hybridized carbons (Fsp3) is 0.500. The number of carbonyl (C=O) groups excluding carboxylic acids is 2. The zero-order valence-corrected chi connectivity index (χ0v) is 20.8. The monoisotopic (exact) mass is 539 g/mol. The topological polar surface area (TPSA) is 64.6 Å². The SMILES string of the molecule is CCOC(=O)/C(=C\NCCO[Si](C)(C)C(C)(C)C)C(=O)c1cc(I)cc(F)c1F. The van der Waals surface area contributed by atoms with Crippen molar-refractivity contribution in [2.45, 2.75) is 45.8 Å². The van der Waals surface area contributed by atoms with Crippen molar-refractivity contribution in [1.29, 1.82) is 0 Å². The summed E-state index contributed by atoms with van der Waals surface area (Å²) in [4.78, 5) is 24.9. The average Bonchev–Trinajstić information content (AvgIpc) is 2.59. The summed E-state index contributed by atoms with van der Waals surface area (Å²) in [5.74, 6) is -4.31. The van der Waals surface area contributed by atoms with Gasteiger partial charge in [-0.25, -0.2) is 13.6 Å². The fourth-order valence-corrected chi connectivity index (χ4v) is 3.68. The third kappa shape index (κ3) is 7.14. The smallest absolute Gasteiger partial charge is 0.343 e. The first-order valence-electron chi connectivity index (χ1n) is 9.25. The van der Waals surface area contributed by atoms with E-state index in [0.29, 0.717) is 16.7 Å². The summed E-state index contributed by atoms with van der Waals surface area (Å²) in [5, 5.41) is 2.90. The highest BCUT2D eigenvalue weighted by Crippen LogP contribution is 2.36. The van der Waals surface area contributed by atoms with E-state index in [0.717, 1.165) is 6.07 Å². The van der Waals surface area contributed by atoms with Crippen molar-refractivity contribution < 1.29 is 27.5 Å². The predicted octanol–water partition coefficient (Wildman–Crippen LogP) is 4.81. The minimum absolute atomic E-state index is 0.0428. The van der Waals surface area contributed by atoms with Crippen LogP contribution in [0.1, 0.15) is 38.1 Å². The van der Waals surface area contributed by atoms with Crippen molar-refractivity contribution in [2.24, 2.45) is 0 Å². The quantitative estimate of drug-likeness (QED) is 0.0562. The predicted molar refractivity (Wildman–Crippen MR) is 119 cm³/mol. The second kappa shape index (κ2) is 10.6. The van der Waals surface area contributed by atoms with Crippen LogP contribution in [0.4, 0.5) is 8.78 Å². The van der Waals surface area contributed by atoms with Gasteiger partial charge in [-0.3, -0.25) is 4.79 Å². The van der Waals surface area contributed by atoms with Crippen LogP contribution in [0.25, 0.3) is 0 Å². The van der Waals surface area contributed by atoms with Crippen LogP contribution in [0.3, 0.4) is 0 Å². The van der Waals surface area contributed by atoms with E-state index in [2.05, 4.69) is 39.2 Å². The van der Waals surface area contributed by atoms with E-state index in [1.54, 1.807) is 29.5 Å². The summed E-state index contributed by atoms with van der Waals surface area (Å²) in [6, 6.07) is 2.16. The second-order valence-corrected chi connectivity index (χ2v) is 14.0. The standard InChI is InChI=1S/C20H28F2INO4Si/c1-7-27-19(26)15(12-24-8-9-28-29(5,6)20(2,3)4)18(25)14-10-13(23)11-16(21)17(14)22/h10-12,24H,7-9H2,1-6H3/b15-12-. The van der Waals surface area contributed by atoms with E-state index in [9.17, 15) is 18.4 Å². The summed E-state index contributed by atoms with van der Waals surface area (Å²) in [6.07, 6.45) is 1.17. The van der Waals surface area contributed by atoms with Gasteiger partial charge in [0.05, 0.1) is 18.8 Å². The van der Waals surface area contributed by atoms with E-state index in [4.69, 9.17) is 9.16 Å². The van der Waals surface area contributed by atoms with Crippen LogP contribution < -0.4 is 5.32 Å². The van der Waals surface area contributed by atoms with Crippen molar-refractivity contribution >= 4 is 42.7 Å². The molecule has 5 nitrogen and oxygen atoms in total. The minimum atomic E-state index is -1.92. The minimum Gasteiger partial charge on any atom is -0.462 e. The maximum Gasteiger partial charge on any atom is 0.343 e. The van der Waals surface area contributed by atoms with Gasteiger partial charge in [0.2, 0.25) is 5.78 Å². The third-order valence-corrected chi connectivity index (χ3v) is 9.90. The zero-order valence-electron chi connectivity index (χ0n) is 17.6. The number of carbonyl (C=O) groups is 2. The Hall–Kier alpha value is -1.33. The van der Waals surface area contributed by atoms with Gasteiger partial charge in [-0.15, -0.1) is 0 Å². The lowest BCUT2D eigenvalue weighted by Crippen LogP contribution is -2.42. The Labute approximate surface area is 185 Å². The van der Waals surface area contributed by atoms with Gasteiger partial charge in [0.15, 0.2) is 20.0 Å². The molecule has 0 unspecified atom stereocenters. The summed E-state index contributed by atoms with van der Waals surface area (Å²) in [5.41, 5.74) is -0.924. The van der Waals surface area contributed by atoms with E-state index in [-0.39, 0.29) is 11.6 Å². The molecule has 0 saturated carbocycles. The Morgan fingerprint density at radius 3 is 2.41 bits per heavy atom. The molecule has 0 radical (unpaired) electrons. The Morgan fingerprint density at radius 2 is 1.86 bits per heavy atom. The molecular formula is C20H28F2INO4Si. The fourth-order valence-electron chi connectivity index (χ4n) is 2.05. The molecule has 0 spiro atoms. The van der Waals surface area contributed by atoms with Gasteiger partial charge >= 0.3 is 5.97 Å². The Kier molecular flexibility index (Phi) is 9.42. The molecule has 0 aliphatic rings. The van der Waals surface area contributed by atoms with Crippen LogP contribution in [-0.2, 0) is 14.0 Å². The summed E-state index contributed by atoms with van der Waals surface area (Å²) in [6.45, 7) is 13.0. The van der Waals surface area contributed by atoms with Gasteiger partial charge in [-0.05, 0) is 59.8 Å². The first-order valence-corrected chi connectivity index (χ1v) is 13.2. The van der Waals surface area contributed by atoms with E-state index < -0.39 is 42.8 Å². The highest BCUT2D eigenvalue weighted by atomic mass is 127. The number of nitrogens with one attached hydrogen (secondary N) is 1. The molecule has 9 heteroatoms. The lowest BCUT2D eigenvalue weighted by molar-refractivity contribution is -0.138. The molecule has 0 aliphatic heterocycles. The van der Waals surface area contributed by atoms with E-state index in [1.807, 2.05) is 0 Å². The molecule has 0 fully saturated rings. The van der Waals surface area contributed by atoms with Gasteiger partial charge in [-0.2, -0.15) is 0 Å². The van der Waals surface area contributed by atoms with E-state index in [1.165, 1.54) is 12.3 Å². The number of hydrogen-bond acceptors (Lipinski definition) is 5. The van der Waals surface area contributed by atoms with Crippen LogP contribution in [0.15, 0.2) is 23.9 Å². The molecule has 1 rings (SSSR count). The average molecular weight is 539 g/mol. The molecular weight excluding hydrogens is 511 g/mol. The number of ether oxygens (including phenoxy) is 1. The van der Waals surface area contributed by atoms with Crippen molar-refractivity contribution in [2.75, 3.05) is 19.8 Å². The number of rotatable bonds is 9. The molecule has 0 amide bonds. The molecule has 0 saturated heterocycles. The van der Waals surface area contributed by atoms with Gasteiger partial charge in [-0.1, -0.05) is 20.8 Å². The van der Waals surface area contributed by atoms with Gasteiger partial charge < -0.3 is 14.5 Å². The number of hydrogen-bond donors (Lipinski definition) is 1. The number of benzene rings is 1. The first kappa shape index (κ1) is 25.7. The number of esters is 1. The van der Waals surface area contributed by atoms with Gasteiger partial charge in [0.25, 0.3) is 0 Å². The summed E-state index contributed by atoms with van der Waals surface area (Å²) >= 11 is 1.77. The highest BCUT2D eigenvalue weighted by molar-refractivity contribution is 14.1. The molecule has 0 atom stereocenters. The third-order valence-electron chi connectivity index (χ3n) is 4.74. The number of halogens is 3. The lowest BCUT2D eigenvalue weighted by atomic mass is 10.0. The van der Waals surface area contributed by atoms with Crippen molar-refractivity contribution in [3.63, 3.8) is 0 Å². The van der Waals surface area contributed by atoms with E-state index >= 15 is 0 Å². The zero-order chi connectivity index (χ0) is 22.4. The molecule has 1 aromatic rings. The molecule has 162 valence electrons. The number of ketones is 1. The molecule has 0 heterocycles. The Balaban J connectivity index is 2.97. The first-order chi connectivity index (χ1) is 13.3. The van der Waals surface area contributed by atoms with Crippen LogP contribution in [0, 0.1) is 15.2 Å². The molecule has 1 N–H and O–H groups in total. The molecule has 0 aliphatic carbocycles. The van der Waals surface area contributed by atoms with Crippen molar-refractivity contribution in [1.82, 2.24) is 5.32 Å². The van der Waals surface area contributed by atoms with Crippen LogP contribution in [0.2, 0.25) is 18.1 Å². The Bertz CT molecular complexity index is 791. The largest absolute Gasteiger partial charge is 0.462 e. The Morgan fingerprint density at radius 1 is 1.24 bits per heavy atom. The molecule has 29 heavy (non-hydrogen) atoms. The summed E-state index contributed by atoms with van der Waals surface area (Å²) in [7, 11) is -1.92. The summed E-state index contributed by atoms with van der Waals surface area (Å²) < 4.78 is 39.0. The van der Waals surface area contributed by atoms with Gasteiger partial charge in [0, 0.05) is 16.3 Å².